The SMILES string of the molecule is CCCCCCCCCCCC(=O)OOC(=O)OOC(=O)C(CCCCCCCCCC)C(O)C(O)CO. The Morgan fingerprint density at radius 1 is 0.605 bits per heavy atom. The molecule has 0 amide bonds. The van der Waals surface area contributed by atoms with Gasteiger partial charge in [-0.15, -0.1) is 0 Å². The Morgan fingerprint density at radius 2 is 1.05 bits per heavy atom. The molecule has 0 aromatic carbocycles. The molecule has 10 heteroatoms. The van der Waals surface area contributed by atoms with Crippen molar-refractivity contribution in [3.63, 3.8) is 0 Å². The summed E-state index contributed by atoms with van der Waals surface area (Å²) >= 11 is 0. The maximum absolute atomic E-state index is 12.4. The molecular formula is C28H52O10. The van der Waals surface area contributed by atoms with E-state index in [0.717, 1.165) is 44.9 Å². The van der Waals surface area contributed by atoms with E-state index in [1.807, 2.05) is 0 Å². The summed E-state index contributed by atoms with van der Waals surface area (Å²) in [5.41, 5.74) is 0. The second kappa shape index (κ2) is 25.4. The highest BCUT2D eigenvalue weighted by Gasteiger charge is 2.34. The molecule has 0 fully saturated rings. The highest BCUT2D eigenvalue weighted by atomic mass is 17.3. The maximum Gasteiger partial charge on any atom is 0.591 e. The van der Waals surface area contributed by atoms with Gasteiger partial charge in [0.25, 0.3) is 0 Å². The smallest absolute Gasteiger partial charge is 0.394 e. The Labute approximate surface area is 228 Å². The molecule has 0 aromatic heterocycles. The van der Waals surface area contributed by atoms with E-state index >= 15 is 0 Å². The monoisotopic (exact) mass is 548 g/mol. The molecule has 0 bridgehead atoms. The van der Waals surface area contributed by atoms with E-state index in [1.54, 1.807) is 0 Å². The summed E-state index contributed by atoms with van der Waals surface area (Å²) in [7, 11) is 0. The van der Waals surface area contributed by atoms with E-state index in [1.165, 1.54) is 51.4 Å². The van der Waals surface area contributed by atoms with E-state index in [4.69, 9.17) is 5.11 Å². The minimum atomic E-state index is -1.61. The van der Waals surface area contributed by atoms with Gasteiger partial charge in [0.2, 0.25) is 0 Å². The van der Waals surface area contributed by atoms with Gasteiger partial charge in [0.15, 0.2) is 0 Å². The van der Waals surface area contributed by atoms with Crippen molar-refractivity contribution in [1.29, 1.82) is 0 Å². The summed E-state index contributed by atoms with van der Waals surface area (Å²) in [5, 5.41) is 29.1. The molecule has 0 saturated carbocycles. The molecule has 3 N–H and O–H groups in total. The van der Waals surface area contributed by atoms with E-state index in [-0.39, 0.29) is 12.8 Å². The van der Waals surface area contributed by atoms with Crippen LogP contribution in [-0.2, 0) is 29.1 Å². The van der Waals surface area contributed by atoms with Crippen LogP contribution in [0.3, 0.4) is 0 Å². The van der Waals surface area contributed by atoms with Gasteiger partial charge < -0.3 is 15.3 Å². The van der Waals surface area contributed by atoms with Crippen LogP contribution in [0.4, 0.5) is 4.79 Å². The molecular weight excluding hydrogens is 496 g/mol. The van der Waals surface area contributed by atoms with Gasteiger partial charge in [0.05, 0.1) is 25.0 Å². The minimum absolute atomic E-state index is 0.0782. The highest BCUT2D eigenvalue weighted by molar-refractivity contribution is 5.74. The predicted octanol–water partition coefficient (Wildman–Crippen LogP) is 5.84. The van der Waals surface area contributed by atoms with Gasteiger partial charge in [0.1, 0.15) is 6.10 Å². The van der Waals surface area contributed by atoms with Crippen LogP contribution in [0, 0.1) is 5.92 Å². The zero-order valence-electron chi connectivity index (χ0n) is 23.6. The summed E-state index contributed by atoms with van der Waals surface area (Å²) < 4.78 is 0. The van der Waals surface area contributed by atoms with Gasteiger partial charge in [-0.3, -0.25) is 0 Å². The lowest BCUT2D eigenvalue weighted by atomic mass is 9.92. The first-order valence-electron chi connectivity index (χ1n) is 14.6. The van der Waals surface area contributed by atoms with Gasteiger partial charge in [-0.25, -0.2) is 29.1 Å². The molecule has 3 unspecified atom stereocenters. The van der Waals surface area contributed by atoms with Crippen LogP contribution in [0.25, 0.3) is 0 Å². The summed E-state index contributed by atoms with van der Waals surface area (Å²) in [6.07, 6.45) is 13.5. The van der Waals surface area contributed by atoms with E-state index in [9.17, 15) is 24.6 Å². The lowest BCUT2D eigenvalue weighted by Gasteiger charge is -2.23. The van der Waals surface area contributed by atoms with Gasteiger partial charge >= 0.3 is 18.1 Å². The van der Waals surface area contributed by atoms with Gasteiger partial charge in [0, 0.05) is 0 Å². The van der Waals surface area contributed by atoms with Crippen LogP contribution >= 0.6 is 0 Å². The Morgan fingerprint density at radius 3 is 1.55 bits per heavy atom. The van der Waals surface area contributed by atoms with E-state index < -0.39 is 42.8 Å². The third-order valence-electron chi connectivity index (χ3n) is 6.54. The van der Waals surface area contributed by atoms with Crippen molar-refractivity contribution in [2.24, 2.45) is 5.92 Å². The van der Waals surface area contributed by atoms with E-state index in [2.05, 4.69) is 33.4 Å². The Bertz CT molecular complexity index is 598. The third-order valence-corrected chi connectivity index (χ3v) is 6.54. The quantitative estimate of drug-likeness (QED) is 0.0807. The van der Waals surface area contributed by atoms with Crippen LogP contribution in [0.1, 0.15) is 136 Å². The Kier molecular flexibility index (Phi) is 24.1. The normalized spacial score (nSPS) is 13.4. The second-order valence-electron chi connectivity index (χ2n) is 9.96. The summed E-state index contributed by atoms with van der Waals surface area (Å²) in [4.78, 5) is 52.9. The molecule has 0 spiro atoms. The van der Waals surface area contributed by atoms with Crippen LogP contribution in [-0.4, -0.2) is 52.2 Å². The third kappa shape index (κ3) is 20.1. The molecule has 0 heterocycles. The fraction of sp³-hybridized carbons (Fsp3) is 0.893. The zero-order chi connectivity index (χ0) is 28.4. The molecule has 10 nitrogen and oxygen atoms in total. The van der Waals surface area contributed by atoms with Crippen molar-refractivity contribution >= 4 is 18.1 Å². The van der Waals surface area contributed by atoms with Crippen LogP contribution in [0.5, 0.6) is 0 Å². The maximum atomic E-state index is 12.4. The molecule has 3 atom stereocenters. The minimum Gasteiger partial charge on any atom is -0.394 e. The van der Waals surface area contributed by atoms with Crippen molar-refractivity contribution in [3.05, 3.63) is 0 Å². The summed E-state index contributed by atoms with van der Waals surface area (Å²) in [6, 6.07) is 0. The fourth-order valence-corrected chi connectivity index (χ4v) is 4.16. The number of hydrogen-bond donors (Lipinski definition) is 3. The lowest BCUT2D eigenvalue weighted by Crippen LogP contribution is -2.40. The van der Waals surface area contributed by atoms with Crippen LogP contribution < -0.4 is 0 Å². The van der Waals surface area contributed by atoms with Crippen LogP contribution in [0.2, 0.25) is 0 Å². The number of hydrogen-bond acceptors (Lipinski definition) is 10. The first-order valence-corrected chi connectivity index (χ1v) is 14.6. The molecule has 0 saturated heterocycles. The molecule has 38 heavy (non-hydrogen) atoms. The Balaban J connectivity index is 4.19. The van der Waals surface area contributed by atoms with Crippen molar-refractivity contribution in [2.45, 2.75) is 148 Å². The highest BCUT2D eigenvalue weighted by Crippen LogP contribution is 2.20. The summed E-state index contributed by atoms with van der Waals surface area (Å²) in [5.74, 6) is -3.07. The lowest BCUT2D eigenvalue weighted by molar-refractivity contribution is -0.296. The van der Waals surface area contributed by atoms with Gasteiger partial charge in [-0.05, 0) is 12.8 Å². The van der Waals surface area contributed by atoms with Crippen molar-refractivity contribution in [1.82, 2.24) is 0 Å². The summed E-state index contributed by atoms with van der Waals surface area (Å²) in [6.45, 7) is 3.59. The molecule has 0 aliphatic rings. The number of aliphatic hydroxyl groups excluding tert-OH is 3. The first kappa shape index (κ1) is 36.1. The second-order valence-corrected chi connectivity index (χ2v) is 9.96. The average molecular weight is 549 g/mol. The number of carbonyl (C=O) groups is 3. The number of rotatable bonds is 23. The molecule has 0 aliphatic heterocycles. The first-order chi connectivity index (χ1) is 18.4. The average Bonchev–Trinajstić information content (AvgIpc) is 2.92. The molecule has 0 rings (SSSR count). The topological polar surface area (TPSA) is 149 Å². The Hall–Kier alpha value is -1.91. The van der Waals surface area contributed by atoms with Crippen molar-refractivity contribution < 1.29 is 49.3 Å². The standard InChI is InChI=1S/C28H52O10/c1-3-5-7-9-11-13-15-17-19-21-25(31)35-37-28(34)38-36-27(33)23(26(32)24(30)22-29)20-18-16-14-12-10-8-6-4-2/h23-24,26,29-30,32H,3-22H2,1-2H3. The number of carbonyl (C=O) groups excluding carboxylic acids is 3. The van der Waals surface area contributed by atoms with E-state index in [0.29, 0.717) is 12.8 Å². The molecule has 0 radical (unpaired) electrons. The van der Waals surface area contributed by atoms with Gasteiger partial charge in [-0.1, -0.05) is 117 Å². The van der Waals surface area contributed by atoms with Crippen LogP contribution in [0.15, 0.2) is 0 Å². The van der Waals surface area contributed by atoms with Crippen molar-refractivity contribution in [3.8, 4) is 0 Å². The van der Waals surface area contributed by atoms with Crippen molar-refractivity contribution in [2.75, 3.05) is 6.61 Å². The fourth-order valence-electron chi connectivity index (χ4n) is 4.16. The zero-order valence-corrected chi connectivity index (χ0v) is 23.6. The largest absolute Gasteiger partial charge is 0.591 e. The number of unbranched alkanes of at least 4 members (excludes halogenated alkanes) is 15. The molecule has 0 aliphatic carbocycles. The molecule has 224 valence electrons. The number of aliphatic hydroxyl groups is 3. The van der Waals surface area contributed by atoms with Gasteiger partial charge in [-0.2, -0.15) is 4.79 Å². The predicted molar refractivity (Wildman–Crippen MR) is 141 cm³/mol. The molecule has 0 aromatic rings.